The van der Waals surface area contributed by atoms with Crippen molar-refractivity contribution < 1.29 is 14.6 Å². The van der Waals surface area contributed by atoms with Crippen molar-refractivity contribution in [1.29, 1.82) is 0 Å². The second-order valence-electron chi connectivity index (χ2n) is 4.60. The Kier molecular flexibility index (Phi) is 6.36. The Labute approximate surface area is 114 Å². The van der Waals surface area contributed by atoms with Gasteiger partial charge in [-0.2, -0.15) is 0 Å². The average molecular weight is 265 g/mol. The molecular weight excluding hydrogens is 242 g/mol. The Balaban J connectivity index is 2.63. The lowest BCUT2D eigenvalue weighted by atomic mass is 10.1. The molecule has 0 bridgehead atoms. The van der Waals surface area contributed by atoms with Gasteiger partial charge in [0.1, 0.15) is 5.75 Å². The zero-order chi connectivity index (χ0) is 14.3. The van der Waals surface area contributed by atoms with Gasteiger partial charge in [-0.15, -0.1) is 0 Å². The van der Waals surface area contributed by atoms with Gasteiger partial charge in [0.25, 0.3) is 0 Å². The number of nitrogens with one attached hydrogen (secondary N) is 1. The number of aliphatic carboxylic acids is 1. The molecule has 0 aliphatic carbocycles. The SMILES string of the molecule is CCCNC(C)c1ccc(OC(CC)C(=O)O)cc1. The number of benzene rings is 1. The molecule has 0 aliphatic heterocycles. The Hall–Kier alpha value is -1.55. The van der Waals surface area contributed by atoms with Crippen molar-refractivity contribution in [3.63, 3.8) is 0 Å². The minimum absolute atomic E-state index is 0.287. The zero-order valence-corrected chi connectivity index (χ0v) is 11.8. The highest BCUT2D eigenvalue weighted by Crippen LogP contribution is 2.19. The maximum Gasteiger partial charge on any atom is 0.344 e. The number of ether oxygens (including phenoxy) is 1. The van der Waals surface area contributed by atoms with Gasteiger partial charge < -0.3 is 15.2 Å². The van der Waals surface area contributed by atoms with E-state index in [1.807, 2.05) is 24.3 Å². The van der Waals surface area contributed by atoms with Crippen molar-refractivity contribution in [3.05, 3.63) is 29.8 Å². The van der Waals surface area contributed by atoms with Gasteiger partial charge in [-0.3, -0.25) is 0 Å². The van der Waals surface area contributed by atoms with Crippen LogP contribution in [0, 0.1) is 0 Å². The molecule has 0 amide bonds. The van der Waals surface area contributed by atoms with Gasteiger partial charge >= 0.3 is 5.97 Å². The fourth-order valence-corrected chi connectivity index (χ4v) is 1.79. The average Bonchev–Trinajstić information content (AvgIpc) is 2.42. The summed E-state index contributed by atoms with van der Waals surface area (Å²) in [6.45, 7) is 7.02. The highest BCUT2D eigenvalue weighted by molar-refractivity contribution is 5.72. The van der Waals surface area contributed by atoms with Crippen LogP contribution in [0.15, 0.2) is 24.3 Å². The van der Waals surface area contributed by atoms with Crippen LogP contribution in [0.4, 0.5) is 0 Å². The molecule has 106 valence electrons. The normalized spacial score (nSPS) is 13.8. The largest absolute Gasteiger partial charge is 0.479 e. The lowest BCUT2D eigenvalue weighted by Gasteiger charge is -2.16. The van der Waals surface area contributed by atoms with Crippen molar-refractivity contribution in [2.45, 2.75) is 45.8 Å². The Morgan fingerprint density at radius 3 is 2.42 bits per heavy atom. The second-order valence-corrected chi connectivity index (χ2v) is 4.60. The number of carboxylic acid groups (broad SMARTS) is 1. The van der Waals surface area contributed by atoms with Crippen LogP contribution in [0.25, 0.3) is 0 Å². The molecule has 0 spiro atoms. The van der Waals surface area contributed by atoms with Crippen LogP contribution in [-0.4, -0.2) is 23.7 Å². The summed E-state index contributed by atoms with van der Waals surface area (Å²) in [7, 11) is 0. The summed E-state index contributed by atoms with van der Waals surface area (Å²) in [5.74, 6) is -0.328. The van der Waals surface area contributed by atoms with E-state index in [-0.39, 0.29) is 6.04 Å². The molecule has 4 nitrogen and oxygen atoms in total. The molecule has 0 saturated heterocycles. The molecule has 2 atom stereocenters. The number of carboxylic acids is 1. The maximum absolute atomic E-state index is 10.9. The molecule has 1 aromatic rings. The molecule has 0 aliphatic rings. The number of hydrogen-bond acceptors (Lipinski definition) is 3. The summed E-state index contributed by atoms with van der Waals surface area (Å²) in [4.78, 5) is 10.9. The van der Waals surface area contributed by atoms with E-state index < -0.39 is 12.1 Å². The summed E-state index contributed by atoms with van der Waals surface area (Å²) < 4.78 is 5.42. The lowest BCUT2D eigenvalue weighted by molar-refractivity contribution is -0.145. The van der Waals surface area contributed by atoms with Crippen molar-refractivity contribution in [2.75, 3.05) is 6.54 Å². The van der Waals surface area contributed by atoms with Gasteiger partial charge in [-0.05, 0) is 44.0 Å². The number of hydrogen-bond donors (Lipinski definition) is 2. The predicted molar refractivity (Wildman–Crippen MR) is 75.5 cm³/mol. The molecule has 1 rings (SSSR count). The van der Waals surface area contributed by atoms with Crippen LogP contribution in [-0.2, 0) is 4.79 Å². The van der Waals surface area contributed by atoms with Gasteiger partial charge in [0.2, 0.25) is 0 Å². The Bertz CT molecular complexity index is 389. The first-order chi connectivity index (χ1) is 9.08. The third-order valence-corrected chi connectivity index (χ3v) is 3.01. The molecule has 0 radical (unpaired) electrons. The van der Waals surface area contributed by atoms with E-state index in [2.05, 4.69) is 19.2 Å². The van der Waals surface area contributed by atoms with Crippen LogP contribution >= 0.6 is 0 Å². The molecule has 1 aromatic carbocycles. The van der Waals surface area contributed by atoms with Crippen molar-refractivity contribution in [2.24, 2.45) is 0 Å². The lowest BCUT2D eigenvalue weighted by Crippen LogP contribution is -2.25. The summed E-state index contributed by atoms with van der Waals surface area (Å²) >= 11 is 0. The fraction of sp³-hybridized carbons (Fsp3) is 0.533. The Morgan fingerprint density at radius 2 is 1.95 bits per heavy atom. The van der Waals surface area contributed by atoms with Crippen molar-refractivity contribution in [1.82, 2.24) is 5.32 Å². The van der Waals surface area contributed by atoms with Gasteiger partial charge in [0, 0.05) is 6.04 Å². The Morgan fingerprint density at radius 1 is 1.32 bits per heavy atom. The third-order valence-electron chi connectivity index (χ3n) is 3.01. The molecule has 0 saturated carbocycles. The smallest absolute Gasteiger partial charge is 0.344 e. The van der Waals surface area contributed by atoms with E-state index in [1.165, 1.54) is 5.56 Å². The molecular formula is C15H23NO3. The van der Waals surface area contributed by atoms with Crippen LogP contribution in [0.1, 0.15) is 45.2 Å². The quantitative estimate of drug-likeness (QED) is 0.758. The summed E-state index contributed by atoms with van der Waals surface area (Å²) in [6, 6.07) is 7.88. The molecule has 0 heterocycles. The van der Waals surface area contributed by atoms with E-state index in [1.54, 1.807) is 6.92 Å². The van der Waals surface area contributed by atoms with Crippen LogP contribution in [0.5, 0.6) is 5.75 Å². The first kappa shape index (κ1) is 15.5. The zero-order valence-electron chi connectivity index (χ0n) is 11.8. The minimum Gasteiger partial charge on any atom is -0.479 e. The molecule has 0 fully saturated rings. The van der Waals surface area contributed by atoms with E-state index in [4.69, 9.17) is 9.84 Å². The maximum atomic E-state index is 10.9. The van der Waals surface area contributed by atoms with Crippen molar-refractivity contribution in [3.8, 4) is 5.75 Å². The molecule has 4 heteroatoms. The van der Waals surface area contributed by atoms with E-state index >= 15 is 0 Å². The van der Waals surface area contributed by atoms with E-state index in [0.29, 0.717) is 12.2 Å². The summed E-state index contributed by atoms with van der Waals surface area (Å²) in [5.41, 5.74) is 1.17. The molecule has 0 aromatic heterocycles. The monoisotopic (exact) mass is 265 g/mol. The molecule has 2 N–H and O–H groups in total. The van der Waals surface area contributed by atoms with Gasteiger partial charge in [0.15, 0.2) is 6.10 Å². The summed E-state index contributed by atoms with van der Waals surface area (Å²) in [6.07, 6.45) is 0.773. The minimum atomic E-state index is -0.926. The van der Waals surface area contributed by atoms with Gasteiger partial charge in [0.05, 0.1) is 0 Å². The van der Waals surface area contributed by atoms with E-state index in [9.17, 15) is 4.79 Å². The van der Waals surface area contributed by atoms with E-state index in [0.717, 1.165) is 13.0 Å². The molecule has 2 unspecified atom stereocenters. The number of carbonyl (C=O) groups is 1. The first-order valence-corrected chi connectivity index (χ1v) is 6.81. The third kappa shape index (κ3) is 4.91. The van der Waals surface area contributed by atoms with Gasteiger partial charge in [-0.25, -0.2) is 4.79 Å². The number of rotatable bonds is 8. The van der Waals surface area contributed by atoms with Crippen molar-refractivity contribution >= 4 is 5.97 Å². The fourth-order valence-electron chi connectivity index (χ4n) is 1.79. The predicted octanol–water partition coefficient (Wildman–Crippen LogP) is 2.99. The standard InChI is InChI=1S/C15H23NO3/c1-4-10-16-11(3)12-6-8-13(9-7-12)19-14(5-2)15(17)18/h6-9,11,14,16H,4-5,10H2,1-3H3,(H,17,18). The second kappa shape index (κ2) is 7.79. The van der Waals surface area contributed by atoms with Crippen LogP contribution < -0.4 is 10.1 Å². The molecule has 19 heavy (non-hydrogen) atoms. The highest BCUT2D eigenvalue weighted by Gasteiger charge is 2.16. The first-order valence-electron chi connectivity index (χ1n) is 6.81. The topological polar surface area (TPSA) is 58.6 Å². The van der Waals surface area contributed by atoms with Gasteiger partial charge in [-0.1, -0.05) is 26.0 Å². The summed E-state index contributed by atoms with van der Waals surface area (Å²) in [5, 5.41) is 12.3. The van der Waals surface area contributed by atoms with Crippen LogP contribution in [0.3, 0.4) is 0 Å². The van der Waals surface area contributed by atoms with Crippen LogP contribution in [0.2, 0.25) is 0 Å². The highest BCUT2D eigenvalue weighted by atomic mass is 16.5.